The average Bonchev–Trinajstić information content (AvgIpc) is 3.21. The van der Waals surface area contributed by atoms with Gasteiger partial charge in [-0.05, 0) is 41.3 Å². The van der Waals surface area contributed by atoms with E-state index in [9.17, 15) is 14.9 Å². The van der Waals surface area contributed by atoms with Gasteiger partial charge in [0.15, 0.2) is 0 Å². The molecule has 0 aliphatic carbocycles. The fourth-order valence-electron chi connectivity index (χ4n) is 2.90. The first-order chi connectivity index (χ1) is 14.7. The quantitative estimate of drug-likeness (QED) is 0.345. The summed E-state index contributed by atoms with van der Waals surface area (Å²) >= 11 is 0. The molecule has 8 nitrogen and oxygen atoms in total. The van der Waals surface area contributed by atoms with E-state index in [1.807, 2.05) is 12.1 Å². The van der Waals surface area contributed by atoms with Crippen molar-refractivity contribution in [3.8, 4) is 17.1 Å². The molecule has 0 spiro atoms. The topological polar surface area (TPSA) is 107 Å². The number of ether oxygens (including phenoxy) is 1. The third-order valence-electron chi connectivity index (χ3n) is 4.66. The highest BCUT2D eigenvalue weighted by molar-refractivity contribution is 5.94. The van der Waals surface area contributed by atoms with Crippen molar-refractivity contribution in [1.29, 1.82) is 0 Å². The van der Waals surface area contributed by atoms with Crippen LogP contribution in [0.5, 0.6) is 5.75 Å². The number of rotatable bonds is 6. The second-order valence-corrected chi connectivity index (χ2v) is 7.87. The van der Waals surface area contributed by atoms with Crippen LogP contribution in [-0.4, -0.2) is 24.2 Å². The Kier molecular flexibility index (Phi) is 6.20. The van der Waals surface area contributed by atoms with Crippen LogP contribution in [0, 0.1) is 10.1 Å². The molecule has 0 bridgehead atoms. The van der Waals surface area contributed by atoms with Gasteiger partial charge in [-0.15, -0.1) is 0 Å². The number of nitrogens with zero attached hydrogens (tertiary/aromatic N) is 2. The summed E-state index contributed by atoms with van der Waals surface area (Å²) in [6, 6.07) is 15.0. The maximum Gasteiger partial charge on any atom is 0.273 e. The maximum absolute atomic E-state index is 12.3. The van der Waals surface area contributed by atoms with E-state index in [4.69, 9.17) is 9.15 Å². The van der Waals surface area contributed by atoms with Crippen LogP contribution in [0.25, 0.3) is 11.3 Å². The molecule has 0 unspecified atom stereocenters. The lowest BCUT2D eigenvalue weighted by molar-refractivity contribution is -0.384. The number of nitrogens with one attached hydrogen (secondary N) is 1. The molecule has 1 heterocycles. The third-order valence-corrected chi connectivity index (χ3v) is 4.66. The summed E-state index contributed by atoms with van der Waals surface area (Å²) in [5.74, 6) is 0.843. The molecule has 1 N–H and O–H groups in total. The molecule has 1 amide bonds. The van der Waals surface area contributed by atoms with Gasteiger partial charge in [-0.3, -0.25) is 14.9 Å². The van der Waals surface area contributed by atoms with Gasteiger partial charge in [-0.25, -0.2) is 5.43 Å². The van der Waals surface area contributed by atoms with Gasteiger partial charge in [0, 0.05) is 11.6 Å². The zero-order valence-electron chi connectivity index (χ0n) is 17.7. The molecule has 0 radical (unpaired) electrons. The SMILES string of the molecule is COc1cc([N+](=O)[O-])ccc1-c1ccc(/C=N\NC(=O)c2ccc(C(C)(C)C)cc2)o1. The van der Waals surface area contributed by atoms with Crippen molar-refractivity contribution in [3.05, 3.63) is 81.6 Å². The Bertz CT molecular complexity index is 1120. The molecule has 2 aromatic carbocycles. The molecule has 0 saturated carbocycles. The first kappa shape index (κ1) is 21.8. The van der Waals surface area contributed by atoms with Crippen molar-refractivity contribution >= 4 is 17.8 Å². The van der Waals surface area contributed by atoms with E-state index in [1.54, 1.807) is 30.3 Å². The standard InChI is InChI=1S/C23H23N3O5/c1-23(2,3)16-7-5-15(6-8-16)22(27)25-24-14-18-10-12-20(31-18)19-11-9-17(26(28)29)13-21(19)30-4/h5-14H,1-4H3,(H,25,27)/b24-14-. The van der Waals surface area contributed by atoms with Crippen molar-refractivity contribution in [3.63, 3.8) is 0 Å². The van der Waals surface area contributed by atoms with E-state index in [1.165, 1.54) is 25.5 Å². The van der Waals surface area contributed by atoms with Gasteiger partial charge in [0.1, 0.15) is 17.3 Å². The van der Waals surface area contributed by atoms with Crippen LogP contribution in [0.2, 0.25) is 0 Å². The molecule has 0 atom stereocenters. The zero-order chi connectivity index (χ0) is 22.6. The van der Waals surface area contributed by atoms with E-state index in [2.05, 4.69) is 31.3 Å². The number of hydrogen-bond donors (Lipinski definition) is 1. The lowest BCUT2D eigenvalue weighted by atomic mass is 9.87. The van der Waals surface area contributed by atoms with Crippen molar-refractivity contribution < 1.29 is 18.9 Å². The average molecular weight is 421 g/mol. The fraction of sp³-hybridized carbons (Fsp3) is 0.217. The number of furan rings is 1. The molecule has 0 saturated heterocycles. The molecule has 31 heavy (non-hydrogen) atoms. The molecular weight excluding hydrogens is 398 g/mol. The minimum absolute atomic E-state index is 0.0104. The second-order valence-electron chi connectivity index (χ2n) is 7.87. The number of nitro groups is 1. The summed E-state index contributed by atoms with van der Waals surface area (Å²) < 4.78 is 10.9. The Morgan fingerprint density at radius 2 is 1.84 bits per heavy atom. The van der Waals surface area contributed by atoms with E-state index in [0.717, 1.165) is 5.56 Å². The Morgan fingerprint density at radius 1 is 1.13 bits per heavy atom. The van der Waals surface area contributed by atoms with Crippen molar-refractivity contribution in [2.45, 2.75) is 26.2 Å². The number of hydrogen-bond acceptors (Lipinski definition) is 6. The Hall–Kier alpha value is -3.94. The second kappa shape index (κ2) is 8.83. The van der Waals surface area contributed by atoms with E-state index in [-0.39, 0.29) is 17.0 Å². The van der Waals surface area contributed by atoms with Gasteiger partial charge in [-0.2, -0.15) is 5.10 Å². The van der Waals surface area contributed by atoms with Crippen LogP contribution in [-0.2, 0) is 5.41 Å². The maximum atomic E-state index is 12.3. The van der Waals surface area contributed by atoms with E-state index < -0.39 is 4.92 Å². The van der Waals surface area contributed by atoms with Gasteiger partial charge in [0.25, 0.3) is 11.6 Å². The number of amides is 1. The molecule has 0 aliphatic rings. The molecule has 0 aliphatic heterocycles. The largest absolute Gasteiger partial charge is 0.496 e. The lowest BCUT2D eigenvalue weighted by Crippen LogP contribution is -2.18. The van der Waals surface area contributed by atoms with Crippen LogP contribution >= 0.6 is 0 Å². The number of carbonyl (C=O) groups excluding carboxylic acids is 1. The van der Waals surface area contributed by atoms with Crippen molar-refractivity contribution in [2.75, 3.05) is 7.11 Å². The summed E-state index contributed by atoms with van der Waals surface area (Å²) in [4.78, 5) is 22.7. The van der Waals surface area contributed by atoms with Crippen LogP contribution in [0.3, 0.4) is 0 Å². The van der Waals surface area contributed by atoms with Crippen molar-refractivity contribution in [1.82, 2.24) is 5.43 Å². The number of carbonyl (C=O) groups is 1. The zero-order valence-corrected chi connectivity index (χ0v) is 17.7. The van der Waals surface area contributed by atoms with Gasteiger partial charge >= 0.3 is 0 Å². The summed E-state index contributed by atoms with van der Waals surface area (Å²) in [5, 5.41) is 14.9. The predicted octanol–water partition coefficient (Wildman–Crippen LogP) is 4.92. The van der Waals surface area contributed by atoms with Gasteiger partial charge in [0.05, 0.1) is 29.9 Å². The Balaban J connectivity index is 1.68. The summed E-state index contributed by atoms with van der Waals surface area (Å²) in [7, 11) is 1.43. The van der Waals surface area contributed by atoms with Crippen molar-refractivity contribution in [2.24, 2.45) is 5.10 Å². The molecule has 160 valence electrons. The summed E-state index contributed by atoms with van der Waals surface area (Å²) in [6.07, 6.45) is 1.38. The van der Waals surface area contributed by atoms with Crippen LogP contribution in [0.4, 0.5) is 5.69 Å². The van der Waals surface area contributed by atoms with E-state index in [0.29, 0.717) is 28.4 Å². The lowest BCUT2D eigenvalue weighted by Gasteiger charge is -2.18. The number of methoxy groups -OCH3 is 1. The third kappa shape index (κ3) is 5.16. The minimum Gasteiger partial charge on any atom is -0.496 e. The van der Waals surface area contributed by atoms with E-state index >= 15 is 0 Å². The first-order valence-electron chi connectivity index (χ1n) is 9.55. The number of benzene rings is 2. The Labute approximate surface area is 179 Å². The summed E-state index contributed by atoms with van der Waals surface area (Å²) in [6.45, 7) is 6.32. The van der Waals surface area contributed by atoms with Crippen LogP contribution in [0.1, 0.15) is 42.5 Å². The molecule has 0 fully saturated rings. The number of hydrazone groups is 1. The highest BCUT2D eigenvalue weighted by Crippen LogP contribution is 2.34. The Morgan fingerprint density at radius 3 is 2.45 bits per heavy atom. The number of nitro benzene ring substituents is 1. The molecule has 3 aromatic rings. The van der Waals surface area contributed by atoms with Crippen LogP contribution in [0.15, 0.2) is 64.1 Å². The first-order valence-corrected chi connectivity index (χ1v) is 9.55. The molecule has 3 rings (SSSR count). The highest BCUT2D eigenvalue weighted by Gasteiger charge is 2.16. The predicted molar refractivity (Wildman–Crippen MR) is 118 cm³/mol. The molecular formula is C23H23N3O5. The molecule has 1 aromatic heterocycles. The fourth-order valence-corrected chi connectivity index (χ4v) is 2.90. The summed E-state index contributed by atoms with van der Waals surface area (Å²) in [5.41, 5.74) is 4.60. The van der Waals surface area contributed by atoms with Crippen LogP contribution < -0.4 is 10.2 Å². The number of non-ortho nitro benzene ring substituents is 1. The monoisotopic (exact) mass is 421 g/mol. The minimum atomic E-state index is -0.494. The smallest absolute Gasteiger partial charge is 0.273 e. The molecule has 8 heteroatoms. The van der Waals surface area contributed by atoms with Gasteiger partial charge in [-0.1, -0.05) is 32.9 Å². The highest BCUT2D eigenvalue weighted by atomic mass is 16.6. The van der Waals surface area contributed by atoms with Gasteiger partial charge < -0.3 is 9.15 Å². The van der Waals surface area contributed by atoms with Gasteiger partial charge in [0.2, 0.25) is 0 Å². The normalized spacial score (nSPS) is 11.5.